The first-order chi connectivity index (χ1) is 12.2. The van der Waals surface area contributed by atoms with Crippen LogP contribution >= 0.6 is 0 Å². The fourth-order valence-electron chi connectivity index (χ4n) is 3.60. The molecular formula is C20H26FN3O. The highest BCUT2D eigenvalue weighted by atomic mass is 19.1. The van der Waals surface area contributed by atoms with Crippen LogP contribution < -0.4 is 0 Å². The second kappa shape index (κ2) is 8.79. The zero-order chi connectivity index (χ0) is 17.5. The Morgan fingerprint density at radius 1 is 1.32 bits per heavy atom. The van der Waals surface area contributed by atoms with Gasteiger partial charge in [-0.3, -0.25) is 9.89 Å². The van der Waals surface area contributed by atoms with E-state index >= 15 is 0 Å². The molecule has 0 aliphatic carbocycles. The molecular weight excluding hydrogens is 317 g/mol. The molecule has 4 nitrogen and oxygen atoms in total. The monoisotopic (exact) mass is 343 g/mol. The van der Waals surface area contributed by atoms with Crippen LogP contribution in [0.1, 0.15) is 43.2 Å². The fraction of sp³-hybridized carbons (Fsp3) is 0.500. The molecule has 1 fully saturated rings. The van der Waals surface area contributed by atoms with Gasteiger partial charge in [-0.1, -0.05) is 18.2 Å². The van der Waals surface area contributed by atoms with Gasteiger partial charge in [-0.15, -0.1) is 0 Å². The number of aryl methyl sites for hydroxylation is 2. The maximum atomic E-state index is 13.7. The van der Waals surface area contributed by atoms with Gasteiger partial charge in [0.25, 0.3) is 0 Å². The molecule has 1 saturated heterocycles. The maximum absolute atomic E-state index is 13.7. The third-order valence-electron chi connectivity index (χ3n) is 5.06. The van der Waals surface area contributed by atoms with Gasteiger partial charge in [0.15, 0.2) is 0 Å². The summed E-state index contributed by atoms with van der Waals surface area (Å²) in [4.78, 5) is 14.4. The van der Waals surface area contributed by atoms with Crippen molar-refractivity contribution in [1.82, 2.24) is 15.1 Å². The van der Waals surface area contributed by atoms with Crippen LogP contribution in [-0.2, 0) is 17.6 Å². The zero-order valence-corrected chi connectivity index (χ0v) is 14.6. The number of carbonyl (C=O) groups excluding carboxylic acids is 1. The number of nitrogens with one attached hydrogen (secondary N) is 1. The van der Waals surface area contributed by atoms with E-state index in [1.807, 2.05) is 29.4 Å². The second-order valence-electron chi connectivity index (χ2n) is 6.94. The van der Waals surface area contributed by atoms with Gasteiger partial charge in [-0.05, 0) is 61.6 Å². The van der Waals surface area contributed by atoms with Crippen molar-refractivity contribution in [2.24, 2.45) is 5.92 Å². The van der Waals surface area contributed by atoms with Gasteiger partial charge in [0.2, 0.25) is 5.91 Å². The van der Waals surface area contributed by atoms with E-state index in [1.54, 1.807) is 6.07 Å². The Morgan fingerprint density at radius 2 is 2.20 bits per heavy atom. The zero-order valence-electron chi connectivity index (χ0n) is 14.6. The van der Waals surface area contributed by atoms with E-state index in [1.165, 1.54) is 6.07 Å². The number of aromatic nitrogens is 2. The first-order valence-electron chi connectivity index (χ1n) is 9.21. The van der Waals surface area contributed by atoms with Crippen LogP contribution in [-0.4, -0.2) is 34.1 Å². The quantitative estimate of drug-likeness (QED) is 0.832. The summed E-state index contributed by atoms with van der Waals surface area (Å²) in [6.45, 7) is 1.68. The Balaban J connectivity index is 1.42. The van der Waals surface area contributed by atoms with Crippen LogP contribution in [0.3, 0.4) is 0 Å². The van der Waals surface area contributed by atoms with Gasteiger partial charge in [0.05, 0.1) is 6.20 Å². The van der Waals surface area contributed by atoms with Crippen molar-refractivity contribution in [2.45, 2.75) is 44.9 Å². The molecule has 1 atom stereocenters. The minimum atomic E-state index is -0.120. The smallest absolute Gasteiger partial charge is 0.222 e. The molecule has 1 N–H and O–H groups in total. The predicted molar refractivity (Wildman–Crippen MR) is 95.6 cm³/mol. The van der Waals surface area contributed by atoms with Crippen molar-refractivity contribution in [1.29, 1.82) is 0 Å². The number of amides is 1. The highest BCUT2D eigenvalue weighted by Crippen LogP contribution is 2.23. The van der Waals surface area contributed by atoms with E-state index in [4.69, 9.17) is 0 Å². The number of hydrogen-bond donors (Lipinski definition) is 1. The number of benzene rings is 1. The van der Waals surface area contributed by atoms with Crippen molar-refractivity contribution in [3.8, 4) is 0 Å². The molecule has 2 heterocycles. The first kappa shape index (κ1) is 17.6. The van der Waals surface area contributed by atoms with E-state index in [0.717, 1.165) is 62.7 Å². The largest absolute Gasteiger partial charge is 0.342 e. The lowest BCUT2D eigenvalue weighted by atomic mass is 9.91. The van der Waals surface area contributed by atoms with Gasteiger partial charge < -0.3 is 4.90 Å². The van der Waals surface area contributed by atoms with E-state index < -0.39 is 0 Å². The molecule has 25 heavy (non-hydrogen) atoms. The van der Waals surface area contributed by atoms with Crippen LogP contribution in [0.5, 0.6) is 0 Å². The van der Waals surface area contributed by atoms with Gasteiger partial charge in [0.1, 0.15) is 5.82 Å². The van der Waals surface area contributed by atoms with Crippen LogP contribution in [0.4, 0.5) is 4.39 Å². The van der Waals surface area contributed by atoms with Crippen molar-refractivity contribution < 1.29 is 9.18 Å². The van der Waals surface area contributed by atoms with Crippen LogP contribution in [0.2, 0.25) is 0 Å². The Morgan fingerprint density at radius 3 is 3.00 bits per heavy atom. The van der Waals surface area contributed by atoms with Gasteiger partial charge >= 0.3 is 0 Å². The highest BCUT2D eigenvalue weighted by Gasteiger charge is 2.23. The Hall–Kier alpha value is -2.17. The summed E-state index contributed by atoms with van der Waals surface area (Å²) >= 11 is 0. The van der Waals surface area contributed by atoms with Crippen molar-refractivity contribution in [3.05, 3.63) is 53.6 Å². The summed E-state index contributed by atoms with van der Waals surface area (Å²) in [5.74, 6) is 0.607. The third-order valence-corrected chi connectivity index (χ3v) is 5.06. The Bertz CT molecular complexity index is 671. The molecule has 0 spiro atoms. The summed E-state index contributed by atoms with van der Waals surface area (Å²) < 4.78 is 13.7. The minimum Gasteiger partial charge on any atom is -0.342 e. The lowest BCUT2D eigenvalue weighted by Gasteiger charge is -2.33. The second-order valence-corrected chi connectivity index (χ2v) is 6.94. The summed E-state index contributed by atoms with van der Waals surface area (Å²) in [6, 6.07) is 6.99. The van der Waals surface area contributed by atoms with Gasteiger partial charge in [-0.25, -0.2) is 4.39 Å². The molecule has 134 valence electrons. The number of likely N-dealkylation sites (tertiary alicyclic amines) is 1. The highest BCUT2D eigenvalue weighted by molar-refractivity contribution is 5.76. The van der Waals surface area contributed by atoms with Crippen LogP contribution in [0, 0.1) is 11.7 Å². The Kier molecular flexibility index (Phi) is 6.20. The van der Waals surface area contributed by atoms with E-state index in [-0.39, 0.29) is 11.7 Å². The average molecular weight is 343 g/mol. The lowest BCUT2D eigenvalue weighted by molar-refractivity contribution is -0.133. The van der Waals surface area contributed by atoms with E-state index in [0.29, 0.717) is 12.3 Å². The van der Waals surface area contributed by atoms with Crippen molar-refractivity contribution in [2.75, 3.05) is 13.1 Å². The number of hydrogen-bond acceptors (Lipinski definition) is 2. The summed E-state index contributed by atoms with van der Waals surface area (Å²) in [6.07, 6.45) is 9.89. The molecule has 0 unspecified atom stereocenters. The molecule has 1 aromatic carbocycles. The number of aromatic amines is 1. The van der Waals surface area contributed by atoms with Crippen LogP contribution in [0.15, 0.2) is 36.7 Å². The molecule has 3 rings (SSSR count). The normalized spacial score (nSPS) is 17.6. The molecule has 1 aromatic heterocycles. The molecule has 2 aromatic rings. The summed E-state index contributed by atoms with van der Waals surface area (Å²) in [5, 5.41) is 6.72. The van der Waals surface area contributed by atoms with Crippen molar-refractivity contribution >= 4 is 5.91 Å². The standard InChI is InChI=1S/C20H26FN3O/c21-19-8-2-1-7-18(19)11-10-16-6-4-12-24(15-16)20(25)9-3-5-17-13-22-23-14-17/h1-2,7-8,13-14,16H,3-6,9-12,15H2,(H,22,23)/t16-/m1/s1. The van der Waals surface area contributed by atoms with Crippen LogP contribution in [0.25, 0.3) is 0 Å². The molecule has 0 saturated carbocycles. The van der Waals surface area contributed by atoms with E-state index in [2.05, 4.69) is 10.2 Å². The number of nitrogens with zero attached hydrogens (tertiary/aromatic N) is 2. The number of H-pyrrole nitrogens is 1. The molecule has 5 heteroatoms. The number of carbonyl (C=O) groups is 1. The van der Waals surface area contributed by atoms with Crippen molar-refractivity contribution in [3.63, 3.8) is 0 Å². The van der Waals surface area contributed by atoms with E-state index in [9.17, 15) is 9.18 Å². The summed E-state index contributed by atoms with van der Waals surface area (Å²) in [5.41, 5.74) is 1.93. The molecule has 1 aliphatic heterocycles. The Labute approximate surface area is 148 Å². The number of halogens is 1. The predicted octanol–water partition coefficient (Wildman–Crippen LogP) is 3.74. The maximum Gasteiger partial charge on any atom is 0.222 e. The van der Waals surface area contributed by atoms with Gasteiger partial charge in [0, 0.05) is 25.7 Å². The number of rotatable bonds is 7. The van der Waals surface area contributed by atoms with Gasteiger partial charge in [-0.2, -0.15) is 5.10 Å². The SMILES string of the molecule is O=C(CCCc1cn[nH]c1)N1CCC[C@H](CCc2ccccc2F)C1. The molecule has 0 radical (unpaired) electrons. The topological polar surface area (TPSA) is 49.0 Å². The number of piperidine rings is 1. The fourth-order valence-corrected chi connectivity index (χ4v) is 3.60. The first-order valence-corrected chi connectivity index (χ1v) is 9.21. The average Bonchev–Trinajstić information content (AvgIpc) is 3.15. The third kappa shape index (κ3) is 5.15. The molecule has 1 aliphatic rings. The lowest BCUT2D eigenvalue weighted by Crippen LogP contribution is -2.40. The minimum absolute atomic E-state index is 0.120. The molecule has 0 bridgehead atoms. The summed E-state index contributed by atoms with van der Waals surface area (Å²) in [7, 11) is 0. The molecule has 1 amide bonds.